The molecule has 0 unspecified atom stereocenters. The molecule has 21 heavy (non-hydrogen) atoms. The van der Waals surface area contributed by atoms with Crippen LogP contribution in [-0.4, -0.2) is 36.5 Å². The summed E-state index contributed by atoms with van der Waals surface area (Å²) in [6.45, 7) is 5.59. The second kappa shape index (κ2) is 9.15. The highest BCUT2D eigenvalue weighted by Gasteiger charge is 2.27. The first-order valence-corrected chi connectivity index (χ1v) is 7.45. The maximum absolute atomic E-state index is 12.2. The molecule has 0 aromatic heterocycles. The molecule has 0 saturated carbocycles. The molecule has 6 heteroatoms. The predicted octanol–water partition coefficient (Wildman–Crippen LogP) is 1.06. The third kappa shape index (κ3) is 5.97. The van der Waals surface area contributed by atoms with Gasteiger partial charge in [-0.3, -0.25) is 9.59 Å². The van der Waals surface area contributed by atoms with E-state index in [-0.39, 0.29) is 18.4 Å². The summed E-state index contributed by atoms with van der Waals surface area (Å²) >= 11 is 0. The Kier molecular flexibility index (Phi) is 7.50. The van der Waals surface area contributed by atoms with Crippen LogP contribution >= 0.6 is 0 Å². The predicted molar refractivity (Wildman–Crippen MR) is 78.4 cm³/mol. The summed E-state index contributed by atoms with van der Waals surface area (Å²) in [6, 6.07) is -1.27. The summed E-state index contributed by atoms with van der Waals surface area (Å²) in [5, 5.41) is 5.37. The van der Waals surface area contributed by atoms with Gasteiger partial charge in [-0.2, -0.15) is 0 Å². The van der Waals surface area contributed by atoms with Gasteiger partial charge in [-0.05, 0) is 32.6 Å². The van der Waals surface area contributed by atoms with Gasteiger partial charge in [0.15, 0.2) is 0 Å². The Labute approximate surface area is 125 Å². The van der Waals surface area contributed by atoms with E-state index >= 15 is 0 Å². The lowest BCUT2D eigenvalue weighted by molar-refractivity contribution is -0.147. The van der Waals surface area contributed by atoms with Crippen molar-refractivity contribution in [1.82, 2.24) is 10.6 Å². The number of carbonyl (C=O) groups is 3. The fraction of sp³-hybridized carbons (Fsp3) is 0.667. The number of nitrogens with one attached hydrogen (secondary N) is 2. The Balaban J connectivity index is 2.62. The first-order chi connectivity index (χ1) is 10.1. The molecule has 6 nitrogen and oxygen atoms in total. The fourth-order valence-corrected chi connectivity index (χ4v) is 2.22. The number of rotatable bonds is 7. The van der Waals surface area contributed by atoms with Crippen molar-refractivity contribution < 1.29 is 19.1 Å². The van der Waals surface area contributed by atoms with Crippen LogP contribution in [0.4, 0.5) is 0 Å². The lowest BCUT2D eigenvalue weighted by Gasteiger charge is -2.21. The van der Waals surface area contributed by atoms with Gasteiger partial charge in [0.1, 0.15) is 12.1 Å². The molecule has 1 rings (SSSR count). The van der Waals surface area contributed by atoms with E-state index in [9.17, 15) is 14.4 Å². The molecule has 2 amide bonds. The second-order valence-corrected chi connectivity index (χ2v) is 5.05. The van der Waals surface area contributed by atoms with Crippen LogP contribution in [0, 0.1) is 0 Å². The van der Waals surface area contributed by atoms with Gasteiger partial charge >= 0.3 is 5.97 Å². The van der Waals surface area contributed by atoms with Gasteiger partial charge in [0.25, 0.3) is 0 Å². The SMILES string of the molecule is C=CCC[C@H](NC(=O)[C@@H]1CCCCC(=O)N1)C(=O)OCC. The Morgan fingerprint density at radius 2 is 2.29 bits per heavy atom. The Bertz CT molecular complexity index is 395. The van der Waals surface area contributed by atoms with Crippen molar-refractivity contribution in [3.63, 3.8) is 0 Å². The zero-order chi connectivity index (χ0) is 15.7. The summed E-state index contributed by atoms with van der Waals surface area (Å²) < 4.78 is 4.96. The number of carbonyl (C=O) groups excluding carboxylic acids is 3. The fourth-order valence-electron chi connectivity index (χ4n) is 2.22. The van der Waals surface area contributed by atoms with Gasteiger partial charge in [-0.25, -0.2) is 4.79 Å². The van der Waals surface area contributed by atoms with Crippen LogP contribution < -0.4 is 10.6 Å². The van der Waals surface area contributed by atoms with Crippen molar-refractivity contribution >= 4 is 17.8 Å². The summed E-state index contributed by atoms with van der Waals surface area (Å²) in [6.07, 6.45) is 5.36. The first kappa shape index (κ1) is 17.2. The van der Waals surface area contributed by atoms with Gasteiger partial charge in [-0.1, -0.05) is 12.5 Å². The number of esters is 1. The average molecular weight is 296 g/mol. The molecular weight excluding hydrogens is 272 g/mol. The smallest absolute Gasteiger partial charge is 0.328 e. The molecule has 0 aliphatic carbocycles. The monoisotopic (exact) mass is 296 g/mol. The molecule has 2 N–H and O–H groups in total. The molecule has 0 bridgehead atoms. The maximum Gasteiger partial charge on any atom is 0.328 e. The highest BCUT2D eigenvalue weighted by Crippen LogP contribution is 2.10. The topological polar surface area (TPSA) is 84.5 Å². The van der Waals surface area contributed by atoms with Gasteiger partial charge in [0, 0.05) is 6.42 Å². The largest absolute Gasteiger partial charge is 0.464 e. The molecule has 1 aliphatic heterocycles. The van der Waals surface area contributed by atoms with Crippen LogP contribution in [0.5, 0.6) is 0 Å². The third-order valence-electron chi connectivity index (χ3n) is 3.35. The number of allylic oxidation sites excluding steroid dienone is 1. The normalized spacial score (nSPS) is 19.9. The molecule has 0 spiro atoms. The Morgan fingerprint density at radius 3 is 2.95 bits per heavy atom. The van der Waals surface area contributed by atoms with Crippen LogP contribution in [0.1, 0.15) is 45.4 Å². The van der Waals surface area contributed by atoms with Crippen molar-refractivity contribution in [3.8, 4) is 0 Å². The molecule has 1 heterocycles. The van der Waals surface area contributed by atoms with Crippen LogP contribution in [0.25, 0.3) is 0 Å². The summed E-state index contributed by atoms with van der Waals surface area (Å²) in [5.74, 6) is -0.897. The molecule has 1 saturated heterocycles. The molecular formula is C15H24N2O4. The van der Waals surface area contributed by atoms with E-state index in [1.165, 1.54) is 0 Å². The number of ether oxygens (including phenoxy) is 1. The summed E-state index contributed by atoms with van der Waals surface area (Å²) in [5.41, 5.74) is 0. The Hall–Kier alpha value is -1.85. The van der Waals surface area contributed by atoms with Gasteiger partial charge in [0.2, 0.25) is 11.8 Å². The first-order valence-electron chi connectivity index (χ1n) is 7.45. The minimum atomic E-state index is -0.699. The molecule has 1 aliphatic rings. The Morgan fingerprint density at radius 1 is 1.52 bits per heavy atom. The quantitative estimate of drug-likeness (QED) is 0.543. The molecule has 1 fully saturated rings. The number of amides is 2. The third-order valence-corrected chi connectivity index (χ3v) is 3.35. The van der Waals surface area contributed by atoms with Crippen molar-refractivity contribution in [2.75, 3.05) is 6.61 Å². The molecule has 0 aromatic carbocycles. The standard InChI is InChI=1S/C15H24N2O4/c1-3-5-8-12(15(20)21-4-2)17-14(19)11-9-6-7-10-13(18)16-11/h3,11-12H,1,4-10H2,2H3,(H,16,18)(H,17,19)/t11-,12-/m0/s1. The van der Waals surface area contributed by atoms with Crippen LogP contribution in [-0.2, 0) is 19.1 Å². The lowest BCUT2D eigenvalue weighted by Crippen LogP contribution is -2.51. The van der Waals surface area contributed by atoms with Gasteiger partial charge < -0.3 is 15.4 Å². The lowest BCUT2D eigenvalue weighted by atomic mass is 10.1. The summed E-state index contributed by atoms with van der Waals surface area (Å²) in [7, 11) is 0. The average Bonchev–Trinajstić information content (AvgIpc) is 2.68. The van der Waals surface area contributed by atoms with E-state index in [1.807, 2.05) is 0 Å². The van der Waals surface area contributed by atoms with Crippen LogP contribution in [0.2, 0.25) is 0 Å². The summed E-state index contributed by atoms with van der Waals surface area (Å²) in [4.78, 5) is 35.6. The van der Waals surface area contributed by atoms with Crippen molar-refractivity contribution in [3.05, 3.63) is 12.7 Å². The van der Waals surface area contributed by atoms with Crippen molar-refractivity contribution in [2.24, 2.45) is 0 Å². The van der Waals surface area contributed by atoms with Crippen molar-refractivity contribution in [2.45, 2.75) is 57.5 Å². The van der Waals surface area contributed by atoms with E-state index in [2.05, 4.69) is 17.2 Å². The molecule has 118 valence electrons. The van der Waals surface area contributed by atoms with Gasteiger partial charge in [-0.15, -0.1) is 6.58 Å². The maximum atomic E-state index is 12.2. The zero-order valence-electron chi connectivity index (χ0n) is 12.5. The highest BCUT2D eigenvalue weighted by molar-refractivity contribution is 5.90. The van der Waals surface area contributed by atoms with E-state index in [0.29, 0.717) is 25.7 Å². The molecule has 0 radical (unpaired) electrons. The molecule has 0 aromatic rings. The minimum Gasteiger partial charge on any atom is -0.464 e. The van der Waals surface area contributed by atoms with E-state index < -0.39 is 18.1 Å². The zero-order valence-corrected chi connectivity index (χ0v) is 12.5. The van der Waals surface area contributed by atoms with E-state index in [1.54, 1.807) is 13.0 Å². The van der Waals surface area contributed by atoms with Gasteiger partial charge in [0.05, 0.1) is 6.61 Å². The van der Waals surface area contributed by atoms with E-state index in [4.69, 9.17) is 4.74 Å². The van der Waals surface area contributed by atoms with Crippen LogP contribution in [0.15, 0.2) is 12.7 Å². The van der Waals surface area contributed by atoms with E-state index in [0.717, 1.165) is 12.8 Å². The number of hydrogen-bond donors (Lipinski definition) is 2. The van der Waals surface area contributed by atoms with Crippen molar-refractivity contribution in [1.29, 1.82) is 0 Å². The number of hydrogen-bond acceptors (Lipinski definition) is 4. The highest BCUT2D eigenvalue weighted by atomic mass is 16.5. The second-order valence-electron chi connectivity index (χ2n) is 5.05. The molecule has 2 atom stereocenters. The minimum absolute atomic E-state index is 0.119. The van der Waals surface area contributed by atoms with Crippen LogP contribution in [0.3, 0.4) is 0 Å².